The van der Waals surface area contributed by atoms with Gasteiger partial charge in [0, 0.05) is 5.69 Å². The van der Waals surface area contributed by atoms with Crippen molar-refractivity contribution in [1.82, 2.24) is 19.9 Å². The van der Waals surface area contributed by atoms with Crippen molar-refractivity contribution in [2.24, 2.45) is 14.1 Å². The molecule has 138 valence electrons. The number of hydrogen-bond acceptors (Lipinski definition) is 6. The van der Waals surface area contributed by atoms with E-state index in [0.717, 1.165) is 34.0 Å². The molecule has 0 N–H and O–H groups in total. The van der Waals surface area contributed by atoms with Crippen molar-refractivity contribution in [3.63, 3.8) is 0 Å². The van der Waals surface area contributed by atoms with Crippen molar-refractivity contribution in [3.05, 3.63) is 61.4 Å². The number of para-hydroxylation sites is 1. The molecule has 0 bridgehead atoms. The Morgan fingerprint density at radius 3 is 2.41 bits per heavy atom. The average molecular weight is 381 g/mol. The van der Waals surface area contributed by atoms with E-state index in [2.05, 4.69) is 24.4 Å². The molecule has 0 radical (unpaired) electrons. The zero-order valence-electron chi connectivity index (χ0n) is 15.9. The summed E-state index contributed by atoms with van der Waals surface area (Å²) in [5, 5.41) is 0. The molecular formula is C20H16BN7O+2. The molecular weight excluding hydrogens is 365 g/mol. The zero-order chi connectivity index (χ0) is 19.5. The van der Waals surface area contributed by atoms with Gasteiger partial charge in [0.1, 0.15) is 26.2 Å². The molecule has 6 rings (SSSR count). The van der Waals surface area contributed by atoms with E-state index in [0.29, 0.717) is 11.8 Å². The SMILES string of the molecule is C[n+]1ccnc2c1B1c3c(ncnc3N(c3ccccc3)c3ncc[n+](C)c31)O2. The van der Waals surface area contributed by atoms with E-state index in [1.807, 2.05) is 67.6 Å². The molecule has 0 aliphatic carbocycles. The van der Waals surface area contributed by atoms with Crippen LogP contribution in [-0.4, -0.2) is 26.6 Å². The summed E-state index contributed by atoms with van der Waals surface area (Å²) in [7, 11) is 4.03. The molecule has 1 aromatic carbocycles. The van der Waals surface area contributed by atoms with Crippen molar-refractivity contribution in [2.75, 3.05) is 4.90 Å². The molecule has 0 saturated carbocycles. The molecule has 0 spiro atoms. The first-order valence-electron chi connectivity index (χ1n) is 9.31. The van der Waals surface area contributed by atoms with Crippen LogP contribution in [0.2, 0.25) is 0 Å². The third-order valence-electron chi connectivity index (χ3n) is 5.47. The Balaban J connectivity index is 1.74. The first kappa shape index (κ1) is 16.1. The highest BCUT2D eigenvalue weighted by atomic mass is 16.5. The second kappa shape index (κ2) is 5.81. The lowest BCUT2D eigenvalue weighted by Gasteiger charge is -2.33. The number of benzene rings is 1. The summed E-state index contributed by atoms with van der Waals surface area (Å²) < 4.78 is 10.3. The van der Waals surface area contributed by atoms with Gasteiger partial charge in [-0.2, -0.15) is 0 Å². The molecule has 0 amide bonds. The van der Waals surface area contributed by atoms with Crippen LogP contribution in [0.25, 0.3) is 0 Å². The third kappa shape index (κ3) is 2.15. The summed E-state index contributed by atoms with van der Waals surface area (Å²) >= 11 is 0. The number of hydrogen-bond donors (Lipinski definition) is 0. The van der Waals surface area contributed by atoms with Crippen LogP contribution in [0.5, 0.6) is 11.8 Å². The highest BCUT2D eigenvalue weighted by Gasteiger charge is 2.54. The maximum Gasteiger partial charge on any atom is 0.427 e. The van der Waals surface area contributed by atoms with Gasteiger partial charge in [-0.1, -0.05) is 18.2 Å². The normalized spacial score (nSPS) is 13.3. The van der Waals surface area contributed by atoms with Crippen molar-refractivity contribution in [3.8, 4) is 11.8 Å². The molecule has 2 aliphatic heterocycles. The summed E-state index contributed by atoms with van der Waals surface area (Å²) in [5.41, 5.74) is 3.89. The Morgan fingerprint density at radius 1 is 0.828 bits per heavy atom. The highest BCUT2D eigenvalue weighted by Crippen LogP contribution is 2.35. The molecule has 5 heterocycles. The number of anilines is 3. The summed E-state index contributed by atoms with van der Waals surface area (Å²) in [4.78, 5) is 20.4. The minimum absolute atomic E-state index is 0.141. The van der Waals surface area contributed by atoms with Crippen LogP contribution in [0, 0.1) is 0 Å². The summed E-state index contributed by atoms with van der Waals surface area (Å²) in [6, 6.07) is 10.1. The lowest BCUT2D eigenvalue weighted by Crippen LogP contribution is -2.74. The zero-order valence-corrected chi connectivity index (χ0v) is 15.9. The van der Waals surface area contributed by atoms with E-state index in [1.54, 1.807) is 6.20 Å². The Hall–Kier alpha value is -3.88. The molecule has 0 atom stereocenters. The monoisotopic (exact) mass is 381 g/mol. The van der Waals surface area contributed by atoms with Crippen LogP contribution >= 0.6 is 0 Å². The minimum Gasteiger partial charge on any atom is -0.416 e. The van der Waals surface area contributed by atoms with Crippen molar-refractivity contribution in [2.45, 2.75) is 0 Å². The summed E-state index contributed by atoms with van der Waals surface area (Å²) in [5.74, 6) is 2.69. The van der Waals surface area contributed by atoms with Gasteiger partial charge >= 0.3 is 6.71 Å². The molecule has 9 heteroatoms. The van der Waals surface area contributed by atoms with Crippen LogP contribution in [0.3, 0.4) is 0 Å². The largest absolute Gasteiger partial charge is 0.427 e. The Kier molecular flexibility index (Phi) is 3.23. The second-order valence-electron chi connectivity index (χ2n) is 7.10. The van der Waals surface area contributed by atoms with Gasteiger partial charge in [-0.25, -0.2) is 29.1 Å². The lowest BCUT2D eigenvalue weighted by atomic mass is 9.38. The van der Waals surface area contributed by atoms with Gasteiger partial charge in [0.2, 0.25) is 11.5 Å². The molecule has 29 heavy (non-hydrogen) atoms. The third-order valence-corrected chi connectivity index (χ3v) is 5.47. The first-order valence-corrected chi connectivity index (χ1v) is 9.31. The van der Waals surface area contributed by atoms with Gasteiger partial charge in [0.15, 0.2) is 23.8 Å². The molecule has 8 nitrogen and oxygen atoms in total. The molecule has 2 aliphatic rings. The predicted molar refractivity (Wildman–Crippen MR) is 106 cm³/mol. The fourth-order valence-electron chi connectivity index (χ4n) is 4.22. The number of ether oxygens (including phenoxy) is 1. The number of rotatable bonds is 1. The quantitative estimate of drug-likeness (QED) is 0.278. The number of nitrogens with zero attached hydrogens (tertiary/aromatic N) is 7. The van der Waals surface area contributed by atoms with E-state index in [1.165, 1.54) is 6.33 Å². The first-order chi connectivity index (χ1) is 14.2. The molecule has 0 unspecified atom stereocenters. The summed E-state index contributed by atoms with van der Waals surface area (Å²) in [6.45, 7) is -0.141. The van der Waals surface area contributed by atoms with E-state index in [4.69, 9.17) is 9.72 Å². The molecule has 3 aromatic heterocycles. The van der Waals surface area contributed by atoms with Gasteiger partial charge < -0.3 is 4.74 Å². The fraction of sp³-hybridized carbons (Fsp3) is 0.100. The Labute approximate surface area is 167 Å². The van der Waals surface area contributed by atoms with Crippen LogP contribution in [0.15, 0.2) is 61.4 Å². The van der Waals surface area contributed by atoms with Crippen LogP contribution in [0.1, 0.15) is 0 Å². The van der Waals surface area contributed by atoms with Crippen molar-refractivity contribution in [1.29, 1.82) is 0 Å². The number of fused-ring (bicyclic) bond motifs is 4. The molecule has 0 saturated heterocycles. The second-order valence-corrected chi connectivity index (χ2v) is 7.10. The molecule has 4 aromatic rings. The van der Waals surface area contributed by atoms with Gasteiger partial charge in [-0.05, 0) is 12.1 Å². The maximum atomic E-state index is 6.10. The average Bonchev–Trinajstić information content (AvgIpc) is 2.74. The van der Waals surface area contributed by atoms with Crippen LogP contribution in [-0.2, 0) is 14.1 Å². The van der Waals surface area contributed by atoms with Gasteiger partial charge in [-0.3, -0.25) is 4.90 Å². The standard InChI is InChI=1S/C20H16BN7O/c1-26-10-8-22-18-15(26)21-14-17(28(18)13-6-4-3-5-7-13)24-12-25-19(14)29-20-16(21)27(2)11-9-23-20/h3-12H,1-2H3/q+2. The van der Waals surface area contributed by atoms with E-state index in [9.17, 15) is 0 Å². The maximum absolute atomic E-state index is 6.10. The van der Waals surface area contributed by atoms with E-state index < -0.39 is 0 Å². The van der Waals surface area contributed by atoms with Gasteiger partial charge in [0.05, 0.1) is 17.9 Å². The Bertz CT molecular complexity index is 1260. The van der Waals surface area contributed by atoms with Gasteiger partial charge in [-0.15, -0.1) is 0 Å². The predicted octanol–water partition coefficient (Wildman–Crippen LogP) is -0.679. The van der Waals surface area contributed by atoms with Crippen LogP contribution < -0.4 is 35.4 Å². The van der Waals surface area contributed by atoms with E-state index >= 15 is 0 Å². The van der Waals surface area contributed by atoms with E-state index in [-0.39, 0.29) is 6.71 Å². The van der Waals surface area contributed by atoms with Crippen molar-refractivity contribution >= 4 is 40.7 Å². The minimum atomic E-state index is -0.141. The Morgan fingerprint density at radius 2 is 1.59 bits per heavy atom. The smallest absolute Gasteiger partial charge is 0.416 e. The number of aryl methyl sites for hydroxylation is 2. The fourth-order valence-corrected chi connectivity index (χ4v) is 4.22. The number of aromatic nitrogens is 6. The molecule has 0 fully saturated rings. The van der Waals surface area contributed by atoms with Crippen LogP contribution in [0.4, 0.5) is 17.3 Å². The van der Waals surface area contributed by atoms with Gasteiger partial charge in [0.25, 0.3) is 5.88 Å². The highest BCUT2D eigenvalue weighted by molar-refractivity contribution is 6.97. The topological polar surface area (TPSA) is 71.8 Å². The van der Waals surface area contributed by atoms with Crippen molar-refractivity contribution < 1.29 is 13.9 Å². The lowest BCUT2D eigenvalue weighted by molar-refractivity contribution is -0.659. The summed E-state index contributed by atoms with van der Waals surface area (Å²) in [6.07, 6.45) is 8.96.